The van der Waals surface area contributed by atoms with E-state index in [4.69, 9.17) is 5.73 Å². The number of hydrogen-bond acceptors (Lipinski definition) is 4. The Labute approximate surface area is 112 Å². The van der Waals surface area contributed by atoms with Crippen molar-refractivity contribution >= 4 is 10.0 Å². The molecule has 2 N–H and O–H groups in total. The highest BCUT2D eigenvalue weighted by Gasteiger charge is 2.27. The average Bonchev–Trinajstić information content (AvgIpc) is 2.39. The van der Waals surface area contributed by atoms with Crippen molar-refractivity contribution in [1.29, 1.82) is 0 Å². The van der Waals surface area contributed by atoms with E-state index in [-0.39, 0.29) is 11.4 Å². The summed E-state index contributed by atoms with van der Waals surface area (Å²) in [7, 11) is -1.66. The fourth-order valence-electron chi connectivity index (χ4n) is 2.03. The predicted molar refractivity (Wildman–Crippen MR) is 70.5 cm³/mol. The summed E-state index contributed by atoms with van der Waals surface area (Å²) >= 11 is 0. The fourth-order valence-corrected chi connectivity index (χ4v) is 3.47. The molecule has 1 aromatic carbocycles. The van der Waals surface area contributed by atoms with E-state index in [1.54, 1.807) is 0 Å². The summed E-state index contributed by atoms with van der Waals surface area (Å²) in [4.78, 5) is 2.05. The number of nitrogens with zero attached hydrogens (tertiary/aromatic N) is 2. The molecule has 0 unspecified atom stereocenters. The van der Waals surface area contributed by atoms with Crippen LogP contribution in [-0.2, 0) is 16.6 Å². The average molecular weight is 287 g/mol. The Balaban J connectivity index is 2.27. The Morgan fingerprint density at radius 2 is 1.89 bits per heavy atom. The van der Waals surface area contributed by atoms with Crippen molar-refractivity contribution in [3.05, 3.63) is 29.6 Å². The van der Waals surface area contributed by atoms with Gasteiger partial charge in [-0.3, -0.25) is 0 Å². The van der Waals surface area contributed by atoms with E-state index in [9.17, 15) is 12.8 Å². The number of sulfonamides is 1. The zero-order chi connectivity index (χ0) is 14.0. The van der Waals surface area contributed by atoms with E-state index in [1.165, 1.54) is 16.4 Å². The highest BCUT2D eigenvalue weighted by molar-refractivity contribution is 7.89. The van der Waals surface area contributed by atoms with Crippen LogP contribution in [0.5, 0.6) is 0 Å². The van der Waals surface area contributed by atoms with Gasteiger partial charge in [0.25, 0.3) is 0 Å². The van der Waals surface area contributed by atoms with Crippen LogP contribution in [0.3, 0.4) is 0 Å². The summed E-state index contributed by atoms with van der Waals surface area (Å²) in [6.45, 7) is 2.28. The van der Waals surface area contributed by atoms with Crippen molar-refractivity contribution in [3.63, 3.8) is 0 Å². The molecule has 106 valence electrons. The van der Waals surface area contributed by atoms with E-state index in [0.29, 0.717) is 31.7 Å². The number of piperazine rings is 1. The Hall–Kier alpha value is -1.02. The van der Waals surface area contributed by atoms with Crippen LogP contribution in [0, 0.1) is 5.82 Å². The number of rotatable bonds is 3. The standard InChI is InChI=1S/C12H18FN3O2S/c1-15-4-6-16(7-5-15)19(17,18)11-3-2-10(9-14)12(13)8-11/h2-3,8H,4-7,9,14H2,1H3. The number of benzene rings is 1. The van der Waals surface area contributed by atoms with Crippen molar-refractivity contribution in [1.82, 2.24) is 9.21 Å². The third-order valence-electron chi connectivity index (χ3n) is 3.34. The van der Waals surface area contributed by atoms with E-state index in [2.05, 4.69) is 4.90 Å². The van der Waals surface area contributed by atoms with Crippen LogP contribution in [0.25, 0.3) is 0 Å². The van der Waals surface area contributed by atoms with E-state index >= 15 is 0 Å². The fraction of sp³-hybridized carbons (Fsp3) is 0.500. The molecule has 0 bridgehead atoms. The van der Waals surface area contributed by atoms with Gasteiger partial charge in [-0.1, -0.05) is 6.07 Å². The molecule has 2 rings (SSSR count). The van der Waals surface area contributed by atoms with Gasteiger partial charge in [0.2, 0.25) is 10.0 Å². The Bertz CT molecular complexity index is 554. The summed E-state index contributed by atoms with van der Waals surface area (Å²) in [5.41, 5.74) is 5.68. The predicted octanol–water partition coefficient (Wildman–Crippen LogP) is 0.220. The van der Waals surface area contributed by atoms with Gasteiger partial charge >= 0.3 is 0 Å². The van der Waals surface area contributed by atoms with Gasteiger partial charge in [0.1, 0.15) is 5.82 Å². The lowest BCUT2D eigenvalue weighted by atomic mass is 10.2. The van der Waals surface area contributed by atoms with Crippen molar-refractivity contribution in [2.75, 3.05) is 33.2 Å². The van der Waals surface area contributed by atoms with Gasteiger partial charge in [-0.05, 0) is 19.2 Å². The van der Waals surface area contributed by atoms with Gasteiger partial charge < -0.3 is 10.6 Å². The maximum absolute atomic E-state index is 13.6. The summed E-state index contributed by atoms with van der Waals surface area (Å²) in [5.74, 6) is -0.572. The lowest BCUT2D eigenvalue weighted by Crippen LogP contribution is -2.47. The molecule has 0 atom stereocenters. The first-order valence-corrected chi connectivity index (χ1v) is 7.56. The molecule has 19 heavy (non-hydrogen) atoms. The van der Waals surface area contributed by atoms with Crippen molar-refractivity contribution in [2.24, 2.45) is 5.73 Å². The Morgan fingerprint density at radius 1 is 1.26 bits per heavy atom. The normalized spacial score (nSPS) is 18.7. The topological polar surface area (TPSA) is 66.6 Å². The molecule has 0 spiro atoms. The second-order valence-electron chi connectivity index (χ2n) is 4.66. The van der Waals surface area contributed by atoms with Crippen molar-refractivity contribution < 1.29 is 12.8 Å². The third-order valence-corrected chi connectivity index (χ3v) is 5.24. The maximum atomic E-state index is 13.6. The smallest absolute Gasteiger partial charge is 0.243 e. The van der Waals surface area contributed by atoms with Crippen LogP contribution < -0.4 is 5.73 Å². The molecule has 1 aliphatic rings. The van der Waals surface area contributed by atoms with Crippen LogP contribution in [0.15, 0.2) is 23.1 Å². The molecule has 1 saturated heterocycles. The highest BCUT2D eigenvalue weighted by atomic mass is 32.2. The zero-order valence-corrected chi connectivity index (χ0v) is 11.7. The minimum Gasteiger partial charge on any atom is -0.326 e. The molecule has 0 aromatic heterocycles. The quantitative estimate of drug-likeness (QED) is 0.863. The summed E-state index contributed by atoms with van der Waals surface area (Å²) < 4.78 is 39.7. The van der Waals surface area contributed by atoms with Gasteiger partial charge in [0.05, 0.1) is 4.90 Å². The van der Waals surface area contributed by atoms with Crippen molar-refractivity contribution in [3.8, 4) is 0 Å². The first-order valence-electron chi connectivity index (χ1n) is 6.12. The van der Waals surface area contributed by atoms with Crippen LogP contribution in [0.1, 0.15) is 5.56 Å². The molecule has 0 radical (unpaired) electrons. The molecule has 0 saturated carbocycles. The van der Waals surface area contributed by atoms with Gasteiger partial charge in [0, 0.05) is 38.3 Å². The lowest BCUT2D eigenvalue weighted by Gasteiger charge is -2.31. The molecule has 1 heterocycles. The van der Waals surface area contributed by atoms with Crippen LogP contribution in [0.2, 0.25) is 0 Å². The first-order chi connectivity index (χ1) is 8.95. The highest BCUT2D eigenvalue weighted by Crippen LogP contribution is 2.20. The summed E-state index contributed by atoms with van der Waals surface area (Å²) in [6.07, 6.45) is 0. The molecule has 1 fully saturated rings. The van der Waals surface area contributed by atoms with E-state index < -0.39 is 15.8 Å². The monoisotopic (exact) mass is 287 g/mol. The number of halogens is 1. The maximum Gasteiger partial charge on any atom is 0.243 e. The van der Waals surface area contributed by atoms with Crippen molar-refractivity contribution in [2.45, 2.75) is 11.4 Å². The number of likely N-dealkylation sites (N-methyl/N-ethyl adjacent to an activating group) is 1. The van der Waals surface area contributed by atoms with E-state index in [1.807, 2.05) is 7.05 Å². The van der Waals surface area contributed by atoms with Crippen LogP contribution >= 0.6 is 0 Å². The Morgan fingerprint density at radius 3 is 2.42 bits per heavy atom. The molecule has 1 aromatic rings. The minimum absolute atomic E-state index is 0.00764. The summed E-state index contributed by atoms with van der Waals surface area (Å²) in [6, 6.07) is 3.90. The largest absolute Gasteiger partial charge is 0.326 e. The molecule has 1 aliphatic heterocycles. The van der Waals surface area contributed by atoms with Gasteiger partial charge in [0.15, 0.2) is 0 Å². The third kappa shape index (κ3) is 2.94. The van der Waals surface area contributed by atoms with Gasteiger partial charge in [-0.25, -0.2) is 12.8 Å². The van der Waals surface area contributed by atoms with E-state index in [0.717, 1.165) is 6.07 Å². The second kappa shape index (κ2) is 5.54. The Kier molecular flexibility index (Phi) is 4.19. The minimum atomic E-state index is -3.61. The summed E-state index contributed by atoms with van der Waals surface area (Å²) in [5, 5.41) is 0. The zero-order valence-electron chi connectivity index (χ0n) is 10.8. The number of nitrogens with two attached hydrogens (primary N) is 1. The second-order valence-corrected chi connectivity index (χ2v) is 6.60. The van der Waals surface area contributed by atoms with Crippen LogP contribution in [-0.4, -0.2) is 50.8 Å². The SMILES string of the molecule is CN1CCN(S(=O)(=O)c2ccc(CN)c(F)c2)CC1. The molecular weight excluding hydrogens is 269 g/mol. The molecular formula is C12H18FN3O2S. The molecule has 0 aliphatic carbocycles. The van der Waals surface area contributed by atoms with Gasteiger partial charge in [-0.15, -0.1) is 0 Å². The first kappa shape index (κ1) is 14.4. The lowest BCUT2D eigenvalue weighted by molar-refractivity contribution is 0.222. The molecule has 5 nitrogen and oxygen atoms in total. The van der Waals surface area contributed by atoms with Gasteiger partial charge in [-0.2, -0.15) is 4.31 Å². The van der Waals surface area contributed by atoms with Crippen LogP contribution in [0.4, 0.5) is 4.39 Å². The number of hydrogen-bond donors (Lipinski definition) is 1. The molecule has 0 amide bonds. The molecule has 7 heteroatoms.